The van der Waals surface area contributed by atoms with E-state index in [0.29, 0.717) is 32.0 Å². The van der Waals surface area contributed by atoms with E-state index in [1.807, 2.05) is 36.0 Å². The molecule has 4 rings (SSSR count). The molecule has 0 unspecified atom stereocenters. The Hall–Kier alpha value is -2.67. The van der Waals surface area contributed by atoms with Crippen LogP contribution in [-0.2, 0) is 22.6 Å². The Kier molecular flexibility index (Phi) is 4.94. The van der Waals surface area contributed by atoms with E-state index in [0.717, 1.165) is 12.2 Å². The number of fused-ring (bicyclic) bond motifs is 1. The number of rotatable bonds is 4. The van der Waals surface area contributed by atoms with Gasteiger partial charge in [-0.3, -0.25) is 9.78 Å². The second kappa shape index (κ2) is 7.52. The van der Waals surface area contributed by atoms with Crippen LogP contribution >= 0.6 is 0 Å². The molecular formula is C20H24N4O3. The maximum atomic E-state index is 12.9. The lowest BCUT2D eigenvalue weighted by molar-refractivity contribution is -0.144. The van der Waals surface area contributed by atoms with E-state index in [-0.39, 0.29) is 12.0 Å². The average Bonchev–Trinajstić information content (AvgIpc) is 3.15. The van der Waals surface area contributed by atoms with E-state index in [2.05, 4.69) is 22.1 Å². The topological polar surface area (TPSA) is 67.8 Å². The summed E-state index contributed by atoms with van der Waals surface area (Å²) in [6.45, 7) is 1.72. The molecule has 3 heterocycles. The number of likely N-dealkylation sites (tertiary alicyclic amines) is 1. The predicted molar refractivity (Wildman–Crippen MR) is 101 cm³/mol. The fraction of sp³-hybridized carbons (Fsp3) is 0.450. The van der Waals surface area contributed by atoms with Gasteiger partial charge in [-0.1, -0.05) is 24.3 Å². The largest absolute Gasteiger partial charge is 0.471 e. The van der Waals surface area contributed by atoms with Crippen LogP contribution in [0.15, 0.2) is 36.7 Å². The smallest absolute Gasteiger partial charge is 0.252 e. The van der Waals surface area contributed by atoms with Crippen LogP contribution in [-0.4, -0.2) is 60.2 Å². The molecule has 2 atom stereocenters. The van der Waals surface area contributed by atoms with Gasteiger partial charge in [0.25, 0.3) is 5.91 Å². The Labute approximate surface area is 158 Å². The number of hydrogen-bond acceptors (Lipinski definition) is 6. The summed E-state index contributed by atoms with van der Waals surface area (Å²) in [6.07, 6.45) is 4.23. The number of ether oxygens (including phenoxy) is 2. The third-order valence-electron chi connectivity index (χ3n) is 5.04. The summed E-state index contributed by atoms with van der Waals surface area (Å²) in [5, 5.41) is 0. The highest BCUT2D eigenvalue weighted by Gasteiger charge is 2.34. The van der Waals surface area contributed by atoms with Crippen molar-refractivity contribution >= 4 is 11.7 Å². The molecule has 7 heteroatoms. The molecule has 1 amide bonds. The number of hydrogen-bond donors (Lipinski definition) is 0. The minimum Gasteiger partial charge on any atom is -0.471 e. The van der Waals surface area contributed by atoms with Crippen LogP contribution in [0.5, 0.6) is 5.88 Å². The maximum absolute atomic E-state index is 12.9. The van der Waals surface area contributed by atoms with E-state index in [4.69, 9.17) is 9.47 Å². The van der Waals surface area contributed by atoms with Crippen molar-refractivity contribution in [2.24, 2.45) is 0 Å². The second-order valence-corrected chi connectivity index (χ2v) is 7.20. The highest BCUT2D eigenvalue weighted by molar-refractivity contribution is 5.82. The normalized spacial score (nSPS) is 21.6. The van der Waals surface area contributed by atoms with Gasteiger partial charge in [-0.25, -0.2) is 0 Å². The molecule has 0 bridgehead atoms. The summed E-state index contributed by atoms with van der Waals surface area (Å²) in [5.41, 5.74) is 2.37. The van der Waals surface area contributed by atoms with Crippen molar-refractivity contribution in [2.45, 2.75) is 31.7 Å². The molecule has 2 aliphatic heterocycles. The first-order valence-corrected chi connectivity index (χ1v) is 9.23. The first-order valence-electron chi connectivity index (χ1n) is 9.23. The van der Waals surface area contributed by atoms with Crippen LogP contribution in [0.3, 0.4) is 0 Å². The van der Waals surface area contributed by atoms with Crippen LogP contribution in [0.4, 0.5) is 5.82 Å². The van der Waals surface area contributed by atoms with Gasteiger partial charge < -0.3 is 19.3 Å². The standard InChI is InChI=1S/C20H24N4O3/c1-23(2)18-10-21-11-19(22-18)27-16-7-8-24(12-16)20(25)17-9-14-5-3-4-6-15(14)13-26-17/h3-6,10-11,16-17H,7-9,12-13H2,1-2H3/t16-,17+/m1/s1. The van der Waals surface area contributed by atoms with Gasteiger partial charge in [0.1, 0.15) is 12.2 Å². The summed E-state index contributed by atoms with van der Waals surface area (Å²) in [4.78, 5) is 25.2. The Morgan fingerprint density at radius 1 is 1.26 bits per heavy atom. The molecule has 1 aromatic heterocycles. The van der Waals surface area contributed by atoms with Crippen molar-refractivity contribution in [1.29, 1.82) is 0 Å². The zero-order chi connectivity index (χ0) is 18.8. The van der Waals surface area contributed by atoms with Crippen LogP contribution < -0.4 is 9.64 Å². The van der Waals surface area contributed by atoms with Crippen LogP contribution in [0.2, 0.25) is 0 Å². The van der Waals surface area contributed by atoms with Crippen molar-refractivity contribution in [3.05, 3.63) is 47.8 Å². The Morgan fingerprint density at radius 2 is 2.07 bits per heavy atom. The molecule has 142 valence electrons. The number of anilines is 1. The average molecular weight is 368 g/mol. The molecule has 0 saturated carbocycles. The summed E-state index contributed by atoms with van der Waals surface area (Å²) in [7, 11) is 3.82. The van der Waals surface area contributed by atoms with Gasteiger partial charge in [-0.2, -0.15) is 4.98 Å². The van der Waals surface area contributed by atoms with E-state index in [9.17, 15) is 4.79 Å². The van der Waals surface area contributed by atoms with Gasteiger partial charge in [-0.05, 0) is 11.1 Å². The number of carbonyl (C=O) groups excluding carboxylic acids is 1. The Morgan fingerprint density at radius 3 is 2.89 bits per heavy atom. The number of benzene rings is 1. The molecule has 1 fully saturated rings. The van der Waals surface area contributed by atoms with Crippen LogP contribution in [0.25, 0.3) is 0 Å². The lowest BCUT2D eigenvalue weighted by Gasteiger charge is -2.28. The molecule has 1 saturated heterocycles. The molecular weight excluding hydrogens is 344 g/mol. The van der Waals surface area contributed by atoms with E-state index in [1.165, 1.54) is 11.1 Å². The predicted octanol–water partition coefficient (Wildman–Crippen LogP) is 1.66. The summed E-state index contributed by atoms with van der Waals surface area (Å²) in [6, 6.07) is 8.14. The van der Waals surface area contributed by atoms with Crippen molar-refractivity contribution < 1.29 is 14.3 Å². The zero-order valence-corrected chi connectivity index (χ0v) is 15.7. The monoisotopic (exact) mass is 368 g/mol. The second-order valence-electron chi connectivity index (χ2n) is 7.20. The molecule has 2 aliphatic rings. The molecule has 1 aromatic carbocycles. The van der Waals surface area contributed by atoms with E-state index in [1.54, 1.807) is 12.4 Å². The maximum Gasteiger partial charge on any atom is 0.252 e. The fourth-order valence-corrected chi connectivity index (χ4v) is 3.51. The lowest BCUT2D eigenvalue weighted by Crippen LogP contribution is -2.42. The molecule has 2 aromatic rings. The number of nitrogens with zero attached hydrogens (tertiary/aromatic N) is 4. The van der Waals surface area contributed by atoms with Crippen molar-refractivity contribution in [3.8, 4) is 5.88 Å². The van der Waals surface area contributed by atoms with Gasteiger partial charge in [0, 0.05) is 33.5 Å². The van der Waals surface area contributed by atoms with Gasteiger partial charge in [0.2, 0.25) is 5.88 Å². The Balaban J connectivity index is 1.36. The quantitative estimate of drug-likeness (QED) is 0.818. The highest BCUT2D eigenvalue weighted by Crippen LogP contribution is 2.24. The van der Waals surface area contributed by atoms with Gasteiger partial charge in [0.15, 0.2) is 5.82 Å². The van der Waals surface area contributed by atoms with Crippen LogP contribution in [0.1, 0.15) is 17.5 Å². The van der Waals surface area contributed by atoms with Crippen molar-refractivity contribution in [1.82, 2.24) is 14.9 Å². The molecule has 0 spiro atoms. The van der Waals surface area contributed by atoms with Crippen molar-refractivity contribution in [2.75, 3.05) is 32.1 Å². The fourth-order valence-electron chi connectivity index (χ4n) is 3.51. The summed E-state index contributed by atoms with van der Waals surface area (Å²) < 4.78 is 11.8. The molecule has 7 nitrogen and oxygen atoms in total. The van der Waals surface area contributed by atoms with E-state index < -0.39 is 6.10 Å². The first kappa shape index (κ1) is 17.7. The van der Waals surface area contributed by atoms with Gasteiger partial charge in [0.05, 0.1) is 25.5 Å². The van der Waals surface area contributed by atoms with Gasteiger partial charge >= 0.3 is 0 Å². The summed E-state index contributed by atoms with van der Waals surface area (Å²) >= 11 is 0. The van der Waals surface area contributed by atoms with Crippen molar-refractivity contribution in [3.63, 3.8) is 0 Å². The minimum atomic E-state index is -0.407. The highest BCUT2D eigenvalue weighted by atomic mass is 16.5. The molecule has 27 heavy (non-hydrogen) atoms. The SMILES string of the molecule is CN(C)c1cncc(O[C@@H]2CCN(C(=O)[C@@H]3Cc4ccccc4CO3)C2)n1. The number of carbonyl (C=O) groups is 1. The molecule has 0 radical (unpaired) electrons. The number of amides is 1. The lowest BCUT2D eigenvalue weighted by atomic mass is 9.98. The van der Waals surface area contributed by atoms with Gasteiger partial charge in [-0.15, -0.1) is 0 Å². The minimum absolute atomic E-state index is 0.0451. The third-order valence-corrected chi connectivity index (χ3v) is 5.04. The molecule has 0 aliphatic carbocycles. The molecule has 0 N–H and O–H groups in total. The van der Waals surface area contributed by atoms with E-state index >= 15 is 0 Å². The zero-order valence-electron chi connectivity index (χ0n) is 15.7. The number of aromatic nitrogens is 2. The summed E-state index contributed by atoms with van der Waals surface area (Å²) in [5.74, 6) is 1.28. The third kappa shape index (κ3) is 3.88. The Bertz CT molecular complexity index is 826. The van der Waals surface area contributed by atoms with Crippen LogP contribution in [0, 0.1) is 0 Å². The first-order chi connectivity index (χ1) is 13.1.